The van der Waals surface area contributed by atoms with Crippen LogP contribution in [-0.4, -0.2) is 52.2 Å². The SMILES string of the molecule is CCCCCCCCCC(=O)OC(C(C)C)[N+]1(C)CCC=C(c2nsnc2OCCCCCC)C1. The Morgan fingerprint density at radius 3 is 2.34 bits per heavy atom. The number of ether oxygens (including phenoxy) is 2. The summed E-state index contributed by atoms with van der Waals surface area (Å²) in [5.41, 5.74) is 2.02. The number of esters is 1. The first-order valence-electron chi connectivity index (χ1n) is 14.1. The van der Waals surface area contributed by atoms with Gasteiger partial charge in [-0.2, -0.15) is 4.37 Å². The van der Waals surface area contributed by atoms with Gasteiger partial charge in [0, 0.05) is 24.3 Å². The van der Waals surface area contributed by atoms with Gasteiger partial charge in [-0.15, -0.1) is 4.37 Å². The molecule has 1 aromatic rings. The zero-order valence-electron chi connectivity index (χ0n) is 23.0. The maximum Gasteiger partial charge on any atom is 0.310 e. The predicted molar refractivity (Wildman–Crippen MR) is 145 cm³/mol. The van der Waals surface area contributed by atoms with Crippen molar-refractivity contribution in [3.05, 3.63) is 11.8 Å². The highest BCUT2D eigenvalue weighted by Crippen LogP contribution is 2.33. The van der Waals surface area contributed by atoms with Crippen molar-refractivity contribution in [2.24, 2.45) is 5.92 Å². The van der Waals surface area contributed by atoms with Gasteiger partial charge in [-0.05, 0) is 12.8 Å². The number of nitrogens with zero attached hydrogens (tertiary/aromatic N) is 3. The number of unbranched alkanes of at least 4 members (excludes halogenated alkanes) is 9. The minimum Gasteiger partial charge on any atom is -0.475 e. The van der Waals surface area contributed by atoms with Crippen LogP contribution in [0.5, 0.6) is 5.88 Å². The Bertz CT molecular complexity index is 764. The van der Waals surface area contributed by atoms with Crippen LogP contribution < -0.4 is 4.74 Å². The molecule has 0 spiro atoms. The molecule has 1 aromatic heterocycles. The Balaban J connectivity index is 1.91. The fourth-order valence-electron chi connectivity index (χ4n) is 5.03. The molecule has 0 N–H and O–H groups in total. The van der Waals surface area contributed by atoms with Crippen LogP contribution in [0.1, 0.15) is 117 Å². The maximum atomic E-state index is 12.7. The molecular weight excluding hydrogens is 458 g/mol. The molecule has 1 aliphatic heterocycles. The van der Waals surface area contributed by atoms with Crippen LogP contribution in [0.4, 0.5) is 0 Å². The normalized spacial score (nSPS) is 19.0. The Morgan fingerprint density at radius 1 is 1.00 bits per heavy atom. The number of likely N-dealkylation sites (N-methyl/N-ethyl adjacent to an activating group) is 1. The summed E-state index contributed by atoms with van der Waals surface area (Å²) in [6.45, 7) is 11.2. The lowest BCUT2D eigenvalue weighted by atomic mass is 10.0. The fraction of sp³-hybridized carbons (Fsp3) is 0.821. The molecule has 2 unspecified atom stereocenters. The summed E-state index contributed by atoms with van der Waals surface area (Å²) in [4.78, 5) is 12.7. The molecule has 2 rings (SSSR count). The fourth-order valence-corrected chi connectivity index (χ4v) is 5.56. The number of hydrogen-bond donors (Lipinski definition) is 0. The maximum absolute atomic E-state index is 12.7. The van der Waals surface area contributed by atoms with Crippen LogP contribution >= 0.6 is 11.7 Å². The van der Waals surface area contributed by atoms with Crippen LogP contribution in [0.2, 0.25) is 0 Å². The lowest BCUT2D eigenvalue weighted by Gasteiger charge is -2.44. The predicted octanol–water partition coefficient (Wildman–Crippen LogP) is 7.40. The zero-order chi connectivity index (χ0) is 25.5. The number of quaternary nitrogens is 1. The number of hydrogen-bond acceptors (Lipinski definition) is 6. The van der Waals surface area contributed by atoms with E-state index in [9.17, 15) is 4.79 Å². The summed E-state index contributed by atoms with van der Waals surface area (Å²) in [6, 6.07) is 0. The van der Waals surface area contributed by atoms with E-state index in [0.717, 1.165) is 50.0 Å². The molecule has 2 heterocycles. The van der Waals surface area contributed by atoms with Gasteiger partial charge < -0.3 is 9.47 Å². The van der Waals surface area contributed by atoms with Gasteiger partial charge >= 0.3 is 5.97 Å². The van der Waals surface area contributed by atoms with Gasteiger partial charge in [-0.25, -0.2) is 0 Å². The van der Waals surface area contributed by atoms with E-state index in [1.165, 1.54) is 63.1 Å². The van der Waals surface area contributed by atoms with Gasteiger partial charge in [0.15, 0.2) is 0 Å². The third kappa shape index (κ3) is 10.2. The molecule has 0 bridgehead atoms. The summed E-state index contributed by atoms with van der Waals surface area (Å²) in [6.07, 6.45) is 16.6. The molecule has 0 radical (unpaired) electrons. The zero-order valence-corrected chi connectivity index (χ0v) is 23.8. The molecule has 200 valence electrons. The first kappa shape index (κ1) is 29.8. The highest BCUT2D eigenvalue weighted by atomic mass is 32.1. The van der Waals surface area contributed by atoms with Gasteiger partial charge in [-0.1, -0.05) is 91.6 Å². The van der Waals surface area contributed by atoms with Crippen LogP contribution in [0.3, 0.4) is 0 Å². The van der Waals surface area contributed by atoms with E-state index in [-0.39, 0.29) is 18.1 Å². The van der Waals surface area contributed by atoms with E-state index in [1.54, 1.807) is 0 Å². The molecule has 0 aromatic carbocycles. The van der Waals surface area contributed by atoms with E-state index in [4.69, 9.17) is 9.47 Å². The van der Waals surface area contributed by atoms with Crippen LogP contribution in [0.25, 0.3) is 5.57 Å². The number of rotatable bonds is 18. The van der Waals surface area contributed by atoms with Gasteiger partial charge in [0.2, 0.25) is 6.23 Å². The monoisotopic (exact) mass is 508 g/mol. The molecule has 6 nitrogen and oxygen atoms in total. The van der Waals surface area contributed by atoms with E-state index >= 15 is 0 Å². The topological polar surface area (TPSA) is 61.3 Å². The minimum absolute atomic E-state index is 0.0564. The Kier molecular flexibility index (Phi) is 13.9. The second-order valence-electron chi connectivity index (χ2n) is 10.7. The smallest absolute Gasteiger partial charge is 0.310 e. The van der Waals surface area contributed by atoms with Gasteiger partial charge in [-0.3, -0.25) is 9.28 Å². The molecule has 0 saturated heterocycles. The van der Waals surface area contributed by atoms with E-state index < -0.39 is 0 Å². The van der Waals surface area contributed by atoms with Gasteiger partial charge in [0.1, 0.15) is 12.2 Å². The van der Waals surface area contributed by atoms with Crippen LogP contribution in [-0.2, 0) is 9.53 Å². The molecule has 2 atom stereocenters. The van der Waals surface area contributed by atoms with Crippen molar-refractivity contribution >= 4 is 23.3 Å². The standard InChI is InChI=1S/C28H50N3O3S/c1-6-8-10-12-13-14-15-19-25(32)34-28(23(3)4)31(5)20-17-18-24(22-31)26-27(30-35-29-26)33-21-16-11-9-7-2/h18,23,28H,6-17,19-22H2,1-5H3/q+1. The Labute approximate surface area is 218 Å². The average molecular weight is 509 g/mol. The molecule has 0 aliphatic carbocycles. The minimum atomic E-state index is -0.166. The molecule has 35 heavy (non-hydrogen) atoms. The van der Waals surface area contributed by atoms with Crippen LogP contribution in [0, 0.1) is 5.92 Å². The Hall–Kier alpha value is -1.47. The highest BCUT2D eigenvalue weighted by Gasteiger charge is 2.41. The second-order valence-corrected chi connectivity index (χ2v) is 11.2. The third-order valence-corrected chi connectivity index (χ3v) is 7.49. The average Bonchev–Trinajstić information content (AvgIpc) is 3.30. The van der Waals surface area contributed by atoms with Crippen molar-refractivity contribution in [3.63, 3.8) is 0 Å². The van der Waals surface area contributed by atoms with Gasteiger partial charge in [0.25, 0.3) is 5.88 Å². The van der Waals surface area contributed by atoms with Crippen molar-refractivity contribution in [1.82, 2.24) is 8.75 Å². The van der Waals surface area contributed by atoms with Gasteiger partial charge in [0.05, 0.1) is 31.9 Å². The van der Waals surface area contributed by atoms with E-state index in [2.05, 4.69) is 49.6 Å². The summed E-state index contributed by atoms with van der Waals surface area (Å²) in [5, 5.41) is 0. The lowest BCUT2D eigenvalue weighted by molar-refractivity contribution is -0.950. The van der Waals surface area contributed by atoms with E-state index in [0.29, 0.717) is 23.4 Å². The Morgan fingerprint density at radius 2 is 1.66 bits per heavy atom. The summed E-state index contributed by atoms with van der Waals surface area (Å²) < 4.78 is 21.8. The first-order chi connectivity index (χ1) is 16.9. The molecule has 0 saturated carbocycles. The van der Waals surface area contributed by atoms with E-state index in [1.807, 2.05) is 0 Å². The third-order valence-electron chi connectivity index (χ3n) is 6.98. The number of carbonyl (C=O) groups is 1. The molecular formula is C28H50N3O3S+. The van der Waals surface area contributed by atoms with Crippen molar-refractivity contribution in [2.45, 2.75) is 117 Å². The molecule has 0 fully saturated rings. The van der Waals surface area contributed by atoms with Crippen molar-refractivity contribution in [1.29, 1.82) is 0 Å². The van der Waals surface area contributed by atoms with Crippen LogP contribution in [0.15, 0.2) is 6.08 Å². The summed E-state index contributed by atoms with van der Waals surface area (Å²) in [5.74, 6) is 0.836. The number of carbonyl (C=O) groups excluding carboxylic acids is 1. The van der Waals surface area contributed by atoms with Crippen molar-refractivity contribution in [3.8, 4) is 5.88 Å². The highest BCUT2D eigenvalue weighted by molar-refractivity contribution is 6.99. The quantitative estimate of drug-likeness (QED) is 0.117. The molecule has 1 aliphatic rings. The molecule has 7 heteroatoms. The first-order valence-corrected chi connectivity index (χ1v) is 14.8. The van der Waals surface area contributed by atoms with Crippen molar-refractivity contribution < 1.29 is 18.8 Å². The summed E-state index contributed by atoms with van der Waals surface area (Å²) in [7, 11) is 2.21. The van der Waals surface area contributed by atoms with Crippen molar-refractivity contribution in [2.75, 3.05) is 26.7 Å². The number of aromatic nitrogens is 2. The lowest BCUT2D eigenvalue weighted by Crippen LogP contribution is -2.58. The summed E-state index contributed by atoms with van der Waals surface area (Å²) >= 11 is 1.21. The largest absolute Gasteiger partial charge is 0.475 e. The molecule has 0 amide bonds. The second kappa shape index (κ2) is 16.3.